The summed E-state index contributed by atoms with van der Waals surface area (Å²) in [5.74, 6) is 0.327. The number of carbonyl (C=O) groups is 3. The predicted octanol–water partition coefficient (Wildman–Crippen LogP) is 3.23. The third-order valence-corrected chi connectivity index (χ3v) is 8.00. The summed E-state index contributed by atoms with van der Waals surface area (Å²) in [4.78, 5) is 51.9. The van der Waals surface area contributed by atoms with Crippen molar-refractivity contribution < 1.29 is 23.9 Å². The number of allylic oxidation sites excluding steroid dienone is 1. The Morgan fingerprint density at radius 1 is 1.09 bits per heavy atom. The van der Waals surface area contributed by atoms with E-state index >= 15 is 0 Å². The van der Waals surface area contributed by atoms with Crippen molar-refractivity contribution in [3.63, 3.8) is 0 Å². The number of hydrogen-bond acceptors (Lipinski definition) is 7. The number of benzene rings is 1. The second-order valence-electron chi connectivity index (χ2n) is 11.5. The summed E-state index contributed by atoms with van der Waals surface area (Å²) >= 11 is 0. The zero-order valence-electron chi connectivity index (χ0n) is 24.3. The Labute approximate surface area is 249 Å². The first kappa shape index (κ1) is 30.0. The van der Waals surface area contributed by atoms with E-state index in [2.05, 4.69) is 21.3 Å². The van der Waals surface area contributed by atoms with Crippen LogP contribution in [0.25, 0.3) is 0 Å². The van der Waals surface area contributed by atoms with Gasteiger partial charge in [-0.05, 0) is 88.3 Å². The molecule has 2 aromatic heterocycles. The Kier molecular flexibility index (Phi) is 8.93. The molecule has 3 aliphatic carbocycles. The average molecular weight is 588 g/mol. The van der Waals surface area contributed by atoms with Crippen molar-refractivity contribution in [2.45, 2.75) is 70.3 Å². The van der Waals surface area contributed by atoms with Gasteiger partial charge in [0.05, 0.1) is 12.1 Å². The lowest BCUT2D eigenvalue weighted by molar-refractivity contribution is -0.118. The molecule has 3 saturated carbocycles. The third kappa shape index (κ3) is 7.30. The summed E-state index contributed by atoms with van der Waals surface area (Å²) in [7, 11) is 0. The molecule has 2 heterocycles. The van der Waals surface area contributed by atoms with Crippen LogP contribution in [-0.4, -0.2) is 45.2 Å². The van der Waals surface area contributed by atoms with Gasteiger partial charge in [0.15, 0.2) is 0 Å². The summed E-state index contributed by atoms with van der Waals surface area (Å²) in [6.07, 6.45) is 7.25. The second-order valence-corrected chi connectivity index (χ2v) is 11.5. The fourth-order valence-electron chi connectivity index (χ4n) is 5.76. The quantitative estimate of drug-likeness (QED) is 0.152. The van der Waals surface area contributed by atoms with Crippen LogP contribution in [-0.2, 0) is 16.1 Å². The number of aliphatic hydroxyl groups excluding tert-OH is 1. The maximum atomic E-state index is 13.4. The highest BCUT2D eigenvalue weighted by Gasteiger charge is 2.56. The van der Waals surface area contributed by atoms with Gasteiger partial charge in [-0.1, -0.05) is 24.3 Å². The number of nitrogens with one attached hydrogen (secondary N) is 4. The molecule has 43 heavy (non-hydrogen) atoms. The van der Waals surface area contributed by atoms with Gasteiger partial charge in [0, 0.05) is 17.4 Å². The third-order valence-electron chi connectivity index (χ3n) is 8.00. The number of carbonyl (C=O) groups excluding carboxylic acids is 3. The minimum absolute atomic E-state index is 0.00645. The SMILES string of the molecule is Cc1cc(C(=O)N[C@@H](CC/C=C/C(=O)Nc2ccccc2)C(=O)Nc2cccn(CC(O)NC34CC(C3)C4)c2=O)c(C)o1. The molecule has 5 N–H and O–H groups in total. The fourth-order valence-corrected chi connectivity index (χ4v) is 5.76. The number of aliphatic hydroxyl groups is 1. The molecule has 0 aliphatic heterocycles. The Balaban J connectivity index is 1.24. The second kappa shape index (κ2) is 12.8. The van der Waals surface area contributed by atoms with Crippen LogP contribution in [0.2, 0.25) is 0 Å². The monoisotopic (exact) mass is 587 g/mol. The van der Waals surface area contributed by atoms with Crippen LogP contribution in [0.3, 0.4) is 0 Å². The molecule has 1 unspecified atom stereocenters. The van der Waals surface area contributed by atoms with E-state index in [1.54, 1.807) is 50.4 Å². The first-order valence-electron chi connectivity index (χ1n) is 14.5. The largest absolute Gasteiger partial charge is 0.466 e. The van der Waals surface area contributed by atoms with Crippen molar-refractivity contribution in [1.82, 2.24) is 15.2 Å². The molecule has 0 radical (unpaired) electrons. The maximum absolute atomic E-state index is 13.4. The predicted molar refractivity (Wildman–Crippen MR) is 161 cm³/mol. The van der Waals surface area contributed by atoms with Gasteiger partial charge in [0.25, 0.3) is 11.5 Å². The van der Waals surface area contributed by atoms with Gasteiger partial charge in [0.1, 0.15) is 29.5 Å². The summed E-state index contributed by atoms with van der Waals surface area (Å²) in [6, 6.07) is 12.7. The minimum atomic E-state index is -1.02. The van der Waals surface area contributed by atoms with Gasteiger partial charge in [-0.3, -0.25) is 24.5 Å². The van der Waals surface area contributed by atoms with Crippen molar-refractivity contribution in [1.29, 1.82) is 0 Å². The van der Waals surface area contributed by atoms with E-state index < -0.39 is 29.6 Å². The van der Waals surface area contributed by atoms with Gasteiger partial charge in [-0.2, -0.15) is 0 Å². The Morgan fingerprint density at radius 3 is 2.49 bits per heavy atom. The van der Waals surface area contributed by atoms with Crippen molar-refractivity contribution in [2.24, 2.45) is 5.92 Å². The molecule has 3 amide bonds. The van der Waals surface area contributed by atoms with Crippen LogP contribution in [0.15, 0.2) is 76.1 Å². The van der Waals surface area contributed by atoms with E-state index in [9.17, 15) is 24.3 Å². The summed E-state index contributed by atoms with van der Waals surface area (Å²) in [6.45, 7) is 3.42. The molecular formula is C32H37N5O6. The van der Waals surface area contributed by atoms with Crippen molar-refractivity contribution in [3.05, 3.63) is 94.3 Å². The highest BCUT2D eigenvalue weighted by atomic mass is 16.3. The first-order valence-corrected chi connectivity index (χ1v) is 14.5. The van der Waals surface area contributed by atoms with Gasteiger partial charge in [-0.15, -0.1) is 0 Å². The van der Waals surface area contributed by atoms with Crippen LogP contribution in [0.1, 0.15) is 54.0 Å². The van der Waals surface area contributed by atoms with E-state index in [1.807, 2.05) is 18.2 Å². The van der Waals surface area contributed by atoms with Crippen LogP contribution >= 0.6 is 0 Å². The lowest BCUT2D eigenvalue weighted by Gasteiger charge is -2.62. The van der Waals surface area contributed by atoms with Crippen molar-refractivity contribution >= 4 is 29.1 Å². The number of rotatable bonds is 13. The number of para-hydroxylation sites is 1. The number of furan rings is 1. The molecule has 11 nitrogen and oxygen atoms in total. The van der Waals surface area contributed by atoms with Crippen LogP contribution < -0.4 is 26.8 Å². The Bertz CT molecular complexity index is 1560. The number of anilines is 2. The topological polar surface area (TPSA) is 155 Å². The summed E-state index contributed by atoms with van der Waals surface area (Å²) < 4.78 is 6.81. The van der Waals surface area contributed by atoms with E-state index in [0.717, 1.165) is 25.2 Å². The molecular weight excluding hydrogens is 550 g/mol. The molecule has 0 saturated heterocycles. The van der Waals surface area contributed by atoms with E-state index in [1.165, 1.54) is 16.7 Å². The fraction of sp³-hybridized carbons (Fsp3) is 0.375. The van der Waals surface area contributed by atoms with Gasteiger partial charge in [0.2, 0.25) is 11.8 Å². The normalized spacial score (nSPS) is 20.0. The van der Waals surface area contributed by atoms with E-state index in [-0.39, 0.29) is 30.1 Å². The zero-order valence-corrected chi connectivity index (χ0v) is 24.3. The standard InChI is InChI=1S/C32H37N5O6/c1-20-15-24(21(2)43-20)29(40)34-25(11-6-7-13-27(38)33-23-9-4-3-5-10-23)30(41)35-26-12-8-14-37(31(26)42)19-28(39)36-32-16-22(17-32)18-32/h3-5,7-10,12-15,22,25,28,36,39H,6,11,16-19H2,1-2H3,(H,33,38)(H,34,40)(H,35,41)/b13-7+/t22?,25-,28?,32?/m0/s1. The summed E-state index contributed by atoms with van der Waals surface area (Å²) in [5.41, 5.74) is 0.507. The molecule has 11 heteroatoms. The highest BCUT2D eigenvalue weighted by Crippen LogP contribution is 2.57. The molecule has 6 rings (SSSR count). The molecule has 3 aromatic rings. The molecule has 0 spiro atoms. The number of aryl methyl sites for hydroxylation is 2. The van der Waals surface area contributed by atoms with Crippen molar-refractivity contribution in [3.8, 4) is 0 Å². The molecule has 3 fully saturated rings. The molecule has 2 bridgehead atoms. The highest BCUT2D eigenvalue weighted by molar-refractivity contribution is 6.01. The van der Waals surface area contributed by atoms with Gasteiger partial charge >= 0.3 is 0 Å². The summed E-state index contributed by atoms with van der Waals surface area (Å²) in [5, 5.41) is 21.9. The lowest BCUT2D eigenvalue weighted by Crippen LogP contribution is -2.69. The van der Waals surface area contributed by atoms with Crippen LogP contribution in [0.4, 0.5) is 11.4 Å². The van der Waals surface area contributed by atoms with Crippen LogP contribution in [0, 0.1) is 19.8 Å². The zero-order chi connectivity index (χ0) is 30.6. The Hall–Kier alpha value is -4.48. The smallest absolute Gasteiger partial charge is 0.274 e. The average Bonchev–Trinajstić information content (AvgIpc) is 3.27. The number of aromatic nitrogens is 1. The maximum Gasteiger partial charge on any atom is 0.274 e. The number of pyridine rings is 1. The van der Waals surface area contributed by atoms with Crippen molar-refractivity contribution in [2.75, 3.05) is 10.6 Å². The number of nitrogens with zero attached hydrogens (tertiary/aromatic N) is 1. The lowest BCUT2D eigenvalue weighted by atomic mass is 9.50. The molecule has 2 atom stereocenters. The number of hydrogen-bond donors (Lipinski definition) is 5. The van der Waals surface area contributed by atoms with Gasteiger partial charge < -0.3 is 30.0 Å². The van der Waals surface area contributed by atoms with Gasteiger partial charge in [-0.25, -0.2) is 0 Å². The Morgan fingerprint density at radius 2 is 1.84 bits per heavy atom. The minimum Gasteiger partial charge on any atom is -0.466 e. The molecule has 226 valence electrons. The van der Waals surface area contributed by atoms with E-state index in [0.29, 0.717) is 29.2 Å². The van der Waals surface area contributed by atoms with E-state index in [4.69, 9.17) is 4.42 Å². The molecule has 1 aromatic carbocycles. The number of amides is 3. The first-order chi connectivity index (χ1) is 20.6. The van der Waals surface area contributed by atoms with Crippen LogP contribution in [0.5, 0.6) is 0 Å². The molecule has 3 aliphatic rings.